The average molecular weight is 235 g/mol. The predicted octanol–water partition coefficient (Wildman–Crippen LogP) is 2.13. The van der Waals surface area contributed by atoms with Gasteiger partial charge in [-0.2, -0.15) is 0 Å². The molecule has 2 aliphatic rings. The molecule has 3 nitrogen and oxygen atoms in total. The van der Waals surface area contributed by atoms with Crippen LogP contribution in [0.5, 0.6) is 0 Å². The van der Waals surface area contributed by atoms with Crippen LogP contribution in [0, 0.1) is 0 Å². The van der Waals surface area contributed by atoms with E-state index in [1.807, 2.05) is 0 Å². The van der Waals surface area contributed by atoms with E-state index in [9.17, 15) is 0 Å². The van der Waals surface area contributed by atoms with Crippen LogP contribution in [0.2, 0.25) is 0 Å². The van der Waals surface area contributed by atoms with Gasteiger partial charge in [0.25, 0.3) is 0 Å². The molecule has 0 aromatic carbocycles. The normalized spacial score (nSPS) is 21.7. The van der Waals surface area contributed by atoms with Gasteiger partial charge in [0.15, 0.2) is 0 Å². The van der Waals surface area contributed by atoms with Crippen molar-refractivity contribution in [3.05, 3.63) is 35.6 Å². The van der Waals surface area contributed by atoms with Crippen LogP contribution in [-0.4, -0.2) is 44.4 Å². The highest BCUT2D eigenvalue weighted by Crippen LogP contribution is 2.11. The largest absolute Gasteiger partial charge is 0.492 e. The Bertz CT molecular complexity index is 325. The lowest BCUT2D eigenvalue weighted by atomic mass is 10.2. The van der Waals surface area contributed by atoms with Crippen LogP contribution < -0.4 is 0 Å². The summed E-state index contributed by atoms with van der Waals surface area (Å²) in [6.45, 7) is 7.63. The molecule has 17 heavy (non-hydrogen) atoms. The smallest absolute Gasteiger partial charge is 0.119 e. The van der Waals surface area contributed by atoms with E-state index in [4.69, 9.17) is 9.47 Å². The van der Waals surface area contributed by atoms with E-state index in [2.05, 4.69) is 36.1 Å². The van der Waals surface area contributed by atoms with Crippen LogP contribution in [0.25, 0.3) is 0 Å². The molecule has 94 valence electrons. The van der Waals surface area contributed by atoms with Gasteiger partial charge in [-0.05, 0) is 25.5 Å². The van der Waals surface area contributed by atoms with Crippen molar-refractivity contribution >= 4 is 0 Å². The van der Waals surface area contributed by atoms with Crippen LogP contribution >= 0.6 is 0 Å². The summed E-state index contributed by atoms with van der Waals surface area (Å²) in [4.78, 5) is 2.38. The zero-order chi connectivity index (χ0) is 11.9. The molecule has 0 radical (unpaired) electrons. The minimum absolute atomic E-state index is 0.753. The first-order valence-corrected chi connectivity index (χ1v) is 6.31. The molecular formula is C14H21NO2. The quantitative estimate of drug-likeness (QED) is 0.745. The first-order chi connectivity index (χ1) is 8.34. The highest BCUT2D eigenvalue weighted by atomic mass is 16.5. The van der Waals surface area contributed by atoms with E-state index >= 15 is 0 Å². The van der Waals surface area contributed by atoms with E-state index in [0.29, 0.717) is 0 Å². The Morgan fingerprint density at radius 3 is 2.94 bits per heavy atom. The molecule has 1 aliphatic carbocycles. The van der Waals surface area contributed by atoms with E-state index in [1.54, 1.807) is 0 Å². The molecule has 0 amide bonds. The summed E-state index contributed by atoms with van der Waals surface area (Å²) in [6.07, 6.45) is 9.42. The van der Waals surface area contributed by atoms with Gasteiger partial charge in [0.05, 0.1) is 13.2 Å². The molecule has 0 atom stereocenters. The van der Waals surface area contributed by atoms with Gasteiger partial charge in [-0.25, -0.2) is 0 Å². The van der Waals surface area contributed by atoms with Crippen LogP contribution in [0.4, 0.5) is 0 Å². The molecule has 0 saturated carbocycles. The summed E-state index contributed by atoms with van der Waals surface area (Å²) >= 11 is 0. The molecule has 0 bridgehead atoms. The second kappa shape index (κ2) is 6.62. The van der Waals surface area contributed by atoms with Crippen LogP contribution in [-0.2, 0) is 9.47 Å². The predicted molar refractivity (Wildman–Crippen MR) is 68.8 cm³/mol. The molecule has 1 saturated heterocycles. The second-order valence-corrected chi connectivity index (χ2v) is 4.49. The Balaban J connectivity index is 1.71. The topological polar surface area (TPSA) is 21.7 Å². The number of hydrogen-bond acceptors (Lipinski definition) is 3. The van der Waals surface area contributed by atoms with Crippen molar-refractivity contribution in [2.24, 2.45) is 0 Å². The molecule has 1 heterocycles. The van der Waals surface area contributed by atoms with Crippen molar-refractivity contribution in [2.75, 3.05) is 39.5 Å². The summed E-state index contributed by atoms with van der Waals surface area (Å²) in [5.41, 5.74) is 1.37. The second-order valence-electron chi connectivity index (χ2n) is 4.49. The van der Waals surface area contributed by atoms with E-state index in [-0.39, 0.29) is 0 Å². The zero-order valence-electron chi connectivity index (χ0n) is 10.5. The van der Waals surface area contributed by atoms with Crippen molar-refractivity contribution in [2.45, 2.75) is 13.3 Å². The van der Waals surface area contributed by atoms with Crippen molar-refractivity contribution < 1.29 is 9.47 Å². The molecule has 1 fully saturated rings. The minimum atomic E-state index is 0.753. The van der Waals surface area contributed by atoms with Crippen molar-refractivity contribution in [1.29, 1.82) is 0 Å². The lowest BCUT2D eigenvalue weighted by Gasteiger charge is -2.26. The Labute approximate surface area is 103 Å². The third kappa shape index (κ3) is 4.36. The van der Waals surface area contributed by atoms with Gasteiger partial charge in [-0.15, -0.1) is 0 Å². The van der Waals surface area contributed by atoms with Crippen molar-refractivity contribution in [3.8, 4) is 0 Å². The van der Waals surface area contributed by atoms with Gasteiger partial charge in [-0.3, -0.25) is 4.90 Å². The number of ether oxygens (including phenoxy) is 2. The molecule has 3 heteroatoms. The van der Waals surface area contributed by atoms with Crippen LogP contribution in [0.3, 0.4) is 0 Å². The summed E-state index contributed by atoms with van der Waals surface area (Å²) in [7, 11) is 0. The number of rotatable bonds is 4. The van der Waals surface area contributed by atoms with Gasteiger partial charge in [-0.1, -0.05) is 17.7 Å². The first-order valence-electron chi connectivity index (χ1n) is 6.31. The molecule has 0 unspecified atom stereocenters. The minimum Gasteiger partial charge on any atom is -0.492 e. The fraction of sp³-hybridized carbons (Fsp3) is 0.571. The molecule has 0 spiro atoms. The number of morpholine rings is 1. The number of nitrogens with zero attached hydrogens (tertiary/aromatic N) is 1. The number of hydrogen-bond donors (Lipinski definition) is 0. The maximum absolute atomic E-state index is 5.76. The number of allylic oxidation sites excluding steroid dienone is 5. The zero-order valence-corrected chi connectivity index (χ0v) is 10.5. The Kier molecular flexibility index (Phi) is 4.83. The third-order valence-electron chi connectivity index (χ3n) is 3.03. The van der Waals surface area contributed by atoms with Gasteiger partial charge in [0.2, 0.25) is 0 Å². The van der Waals surface area contributed by atoms with E-state index in [1.165, 1.54) is 5.57 Å². The van der Waals surface area contributed by atoms with Crippen molar-refractivity contribution in [3.63, 3.8) is 0 Å². The van der Waals surface area contributed by atoms with Crippen LogP contribution in [0.15, 0.2) is 35.6 Å². The first kappa shape index (κ1) is 12.4. The lowest BCUT2D eigenvalue weighted by molar-refractivity contribution is 0.0281. The molecule has 0 aromatic heterocycles. The SMILES string of the molecule is CC1=CC=C(OCCN2CCOCC2)C=CC1. The molecule has 1 aliphatic heterocycles. The summed E-state index contributed by atoms with van der Waals surface area (Å²) in [5.74, 6) is 0.968. The van der Waals surface area contributed by atoms with Gasteiger partial charge < -0.3 is 9.47 Å². The monoisotopic (exact) mass is 235 g/mol. The summed E-state index contributed by atoms with van der Waals surface area (Å²) in [6, 6.07) is 0. The van der Waals surface area contributed by atoms with E-state index < -0.39 is 0 Å². The lowest BCUT2D eigenvalue weighted by Crippen LogP contribution is -2.38. The van der Waals surface area contributed by atoms with Gasteiger partial charge in [0, 0.05) is 19.6 Å². The highest BCUT2D eigenvalue weighted by molar-refractivity contribution is 5.26. The Hall–Kier alpha value is -1.06. The Morgan fingerprint density at radius 1 is 1.29 bits per heavy atom. The summed E-state index contributed by atoms with van der Waals surface area (Å²) < 4.78 is 11.1. The fourth-order valence-electron chi connectivity index (χ4n) is 1.92. The standard InChI is InChI=1S/C14H21NO2/c1-13-3-2-4-14(6-5-13)17-12-9-15-7-10-16-11-8-15/h2,4-6H,3,7-12H2,1H3. The summed E-state index contributed by atoms with van der Waals surface area (Å²) in [5, 5.41) is 0. The highest BCUT2D eigenvalue weighted by Gasteiger charge is 2.09. The Morgan fingerprint density at radius 2 is 2.12 bits per heavy atom. The molecule has 0 aromatic rings. The molecule has 0 N–H and O–H groups in total. The third-order valence-corrected chi connectivity index (χ3v) is 3.03. The maximum atomic E-state index is 5.76. The van der Waals surface area contributed by atoms with Gasteiger partial charge in [0.1, 0.15) is 12.4 Å². The van der Waals surface area contributed by atoms with E-state index in [0.717, 1.165) is 51.6 Å². The van der Waals surface area contributed by atoms with Gasteiger partial charge >= 0.3 is 0 Å². The molecule has 2 rings (SSSR count). The van der Waals surface area contributed by atoms with Crippen molar-refractivity contribution in [1.82, 2.24) is 4.90 Å². The van der Waals surface area contributed by atoms with Crippen LogP contribution in [0.1, 0.15) is 13.3 Å². The fourth-order valence-corrected chi connectivity index (χ4v) is 1.92. The maximum Gasteiger partial charge on any atom is 0.119 e. The molecular weight excluding hydrogens is 214 g/mol. The average Bonchev–Trinajstić information content (AvgIpc) is 2.56.